The van der Waals surface area contributed by atoms with Gasteiger partial charge in [-0.3, -0.25) is 0 Å². The van der Waals surface area contributed by atoms with Crippen LogP contribution in [-0.4, -0.2) is 27.3 Å². The van der Waals surface area contributed by atoms with Crippen molar-refractivity contribution >= 4 is 41.1 Å². The van der Waals surface area contributed by atoms with E-state index in [2.05, 4.69) is 51.8 Å². The number of aryl methyl sites for hydroxylation is 2. The number of aromatic nitrogens is 3. The number of thiophene rings is 2. The van der Waals surface area contributed by atoms with E-state index in [0.717, 1.165) is 9.75 Å². The molecule has 0 amide bonds. The van der Waals surface area contributed by atoms with Crippen LogP contribution in [0, 0.1) is 13.8 Å². The molecule has 0 aromatic carbocycles. The van der Waals surface area contributed by atoms with Crippen LogP contribution in [-0.2, 0) is 0 Å². The Morgan fingerprint density at radius 1 is 1.05 bits per heavy atom. The van der Waals surface area contributed by atoms with Crippen LogP contribution >= 0.6 is 22.7 Å². The molecule has 8 heteroatoms. The van der Waals surface area contributed by atoms with Crippen molar-refractivity contribution in [2.45, 2.75) is 13.8 Å². The van der Waals surface area contributed by atoms with Gasteiger partial charge in [0.25, 0.3) is 5.95 Å². The molecule has 0 aliphatic rings. The van der Waals surface area contributed by atoms with Crippen molar-refractivity contribution in [3.05, 3.63) is 50.1 Å². The van der Waals surface area contributed by atoms with Gasteiger partial charge in [-0.15, -0.1) is 32.9 Å². The van der Waals surface area contributed by atoms with Crippen LogP contribution in [0.3, 0.4) is 0 Å². The van der Waals surface area contributed by atoms with Crippen molar-refractivity contribution in [1.82, 2.24) is 14.9 Å². The topological polar surface area (TPSA) is 67.5 Å². The summed E-state index contributed by atoms with van der Waals surface area (Å²) in [6, 6.07) is 8.16. The molecule has 0 aliphatic heterocycles. The maximum Gasteiger partial charge on any atom is 0.265 e. The largest absolute Gasteiger partial charge is 0.265 e. The van der Waals surface area contributed by atoms with Gasteiger partial charge in [-0.2, -0.15) is 14.9 Å². The minimum absolute atomic E-state index is 0.467. The highest BCUT2D eigenvalue weighted by atomic mass is 32.1. The smallest absolute Gasteiger partial charge is 0.244 e. The molecular weight excluding hydrogens is 316 g/mol. The van der Waals surface area contributed by atoms with Gasteiger partial charge in [0.1, 0.15) is 6.33 Å². The fourth-order valence-electron chi connectivity index (χ4n) is 1.71. The molecule has 1 N–H and O–H groups in total. The van der Waals surface area contributed by atoms with Gasteiger partial charge in [0, 0.05) is 19.5 Å². The van der Waals surface area contributed by atoms with Gasteiger partial charge in [0.05, 0.1) is 12.4 Å². The van der Waals surface area contributed by atoms with Gasteiger partial charge in [0.15, 0.2) is 0 Å². The lowest BCUT2D eigenvalue weighted by atomic mass is 10.4. The lowest BCUT2D eigenvalue weighted by molar-refractivity contribution is 0.879. The third kappa shape index (κ3) is 3.66. The molecule has 3 heterocycles. The Balaban J connectivity index is 1.67. The summed E-state index contributed by atoms with van der Waals surface area (Å²) in [5, 5.41) is 16.3. The van der Waals surface area contributed by atoms with Gasteiger partial charge in [0.2, 0.25) is 0 Å². The number of nitrogens with zero attached hydrogens (tertiary/aromatic N) is 5. The van der Waals surface area contributed by atoms with Crippen molar-refractivity contribution in [2.75, 3.05) is 5.43 Å². The van der Waals surface area contributed by atoms with Crippen molar-refractivity contribution < 1.29 is 0 Å². The summed E-state index contributed by atoms with van der Waals surface area (Å²) in [5.41, 5.74) is 2.85. The molecule has 0 saturated heterocycles. The summed E-state index contributed by atoms with van der Waals surface area (Å²) in [4.78, 5) is 4.66. The van der Waals surface area contributed by atoms with Crippen LogP contribution in [0.15, 0.2) is 40.8 Å². The average molecular weight is 330 g/mol. The predicted molar refractivity (Wildman–Crippen MR) is 92.3 cm³/mol. The molecule has 0 bridgehead atoms. The molecular formula is C14H14N6S2. The molecule has 0 fully saturated rings. The quantitative estimate of drug-likeness (QED) is 0.576. The number of hydrogen-bond donors (Lipinski definition) is 1. The molecule has 3 rings (SSSR count). The minimum Gasteiger partial charge on any atom is -0.244 e. The lowest BCUT2D eigenvalue weighted by Crippen LogP contribution is -1.98. The third-order valence-corrected chi connectivity index (χ3v) is 4.59. The Morgan fingerprint density at radius 2 is 1.73 bits per heavy atom. The van der Waals surface area contributed by atoms with Crippen LogP contribution in [0.25, 0.3) is 0 Å². The molecule has 3 aromatic rings. The average Bonchev–Trinajstić information content (AvgIpc) is 3.20. The molecule has 6 nitrogen and oxygen atoms in total. The van der Waals surface area contributed by atoms with E-state index in [4.69, 9.17) is 0 Å². The SMILES string of the molecule is Cc1ccc(/C=N/Nc2nncn2/N=C/c2ccc(C)s2)s1. The van der Waals surface area contributed by atoms with Crippen LogP contribution < -0.4 is 5.43 Å². The van der Waals surface area contributed by atoms with Gasteiger partial charge in [-0.25, -0.2) is 5.43 Å². The minimum atomic E-state index is 0.467. The number of hydrogen-bond acceptors (Lipinski definition) is 7. The first-order valence-electron chi connectivity index (χ1n) is 6.57. The molecule has 0 radical (unpaired) electrons. The number of nitrogens with one attached hydrogen (secondary N) is 1. The van der Waals surface area contributed by atoms with E-state index in [1.165, 1.54) is 16.1 Å². The fraction of sp³-hybridized carbons (Fsp3) is 0.143. The van der Waals surface area contributed by atoms with Crippen LogP contribution in [0.1, 0.15) is 19.5 Å². The van der Waals surface area contributed by atoms with E-state index >= 15 is 0 Å². The van der Waals surface area contributed by atoms with E-state index < -0.39 is 0 Å². The number of rotatable bonds is 5. The number of hydrazone groups is 1. The summed E-state index contributed by atoms with van der Waals surface area (Å²) in [5.74, 6) is 0.467. The molecule has 0 aliphatic carbocycles. The lowest BCUT2D eigenvalue weighted by Gasteiger charge is -1.97. The Bertz CT molecular complexity index is 811. The standard InChI is InChI=1S/C14H14N6S2/c1-10-3-5-12(21-10)7-15-18-14-19-16-9-20(14)17-8-13-6-4-11(2)22-13/h3-9H,1-2H3,(H,18,19)/b15-7+,17-8+. The van der Waals surface area contributed by atoms with Gasteiger partial charge in [-0.1, -0.05) is 0 Å². The molecule has 3 aromatic heterocycles. The highest BCUT2D eigenvalue weighted by Crippen LogP contribution is 2.14. The van der Waals surface area contributed by atoms with Crippen molar-refractivity contribution in [1.29, 1.82) is 0 Å². The van der Waals surface area contributed by atoms with Crippen LogP contribution in [0.5, 0.6) is 0 Å². The molecule has 0 saturated carbocycles. The van der Waals surface area contributed by atoms with Crippen LogP contribution in [0.4, 0.5) is 5.95 Å². The summed E-state index contributed by atoms with van der Waals surface area (Å²) >= 11 is 3.36. The number of anilines is 1. The maximum absolute atomic E-state index is 4.32. The van der Waals surface area contributed by atoms with E-state index in [-0.39, 0.29) is 0 Å². The van der Waals surface area contributed by atoms with Gasteiger partial charge in [-0.05, 0) is 38.1 Å². The van der Waals surface area contributed by atoms with E-state index in [1.807, 2.05) is 12.1 Å². The Kier molecular flexibility index (Phi) is 4.40. The molecule has 0 spiro atoms. The van der Waals surface area contributed by atoms with Gasteiger partial charge >= 0.3 is 0 Å². The normalized spacial score (nSPS) is 11.7. The second kappa shape index (κ2) is 6.63. The monoisotopic (exact) mass is 330 g/mol. The van der Waals surface area contributed by atoms with Crippen molar-refractivity contribution in [2.24, 2.45) is 10.2 Å². The summed E-state index contributed by atoms with van der Waals surface area (Å²) < 4.78 is 1.55. The summed E-state index contributed by atoms with van der Waals surface area (Å²) in [7, 11) is 0. The second-order valence-electron chi connectivity index (χ2n) is 4.51. The first-order valence-corrected chi connectivity index (χ1v) is 8.20. The van der Waals surface area contributed by atoms with E-state index in [1.54, 1.807) is 39.8 Å². The zero-order valence-corrected chi connectivity index (χ0v) is 13.7. The molecule has 22 heavy (non-hydrogen) atoms. The van der Waals surface area contributed by atoms with E-state index in [9.17, 15) is 0 Å². The summed E-state index contributed by atoms with van der Waals surface area (Å²) in [6.07, 6.45) is 5.06. The highest BCUT2D eigenvalue weighted by molar-refractivity contribution is 7.13. The summed E-state index contributed by atoms with van der Waals surface area (Å²) in [6.45, 7) is 4.13. The maximum atomic E-state index is 4.32. The molecule has 112 valence electrons. The molecule has 0 unspecified atom stereocenters. The molecule has 0 atom stereocenters. The van der Waals surface area contributed by atoms with Gasteiger partial charge < -0.3 is 0 Å². The fourth-order valence-corrected chi connectivity index (χ4v) is 3.20. The Morgan fingerprint density at radius 3 is 2.36 bits per heavy atom. The van der Waals surface area contributed by atoms with Crippen LogP contribution in [0.2, 0.25) is 0 Å². The highest BCUT2D eigenvalue weighted by Gasteiger charge is 2.01. The second-order valence-corrected chi connectivity index (χ2v) is 7.15. The first-order chi connectivity index (χ1) is 10.7. The van der Waals surface area contributed by atoms with Crippen molar-refractivity contribution in [3.8, 4) is 0 Å². The Labute approximate surface area is 135 Å². The zero-order chi connectivity index (χ0) is 15.4. The Hall–Kier alpha value is -2.32. The first kappa shape index (κ1) is 14.6. The van der Waals surface area contributed by atoms with E-state index in [0.29, 0.717) is 5.95 Å². The zero-order valence-electron chi connectivity index (χ0n) is 12.1. The third-order valence-electron chi connectivity index (χ3n) is 2.72. The predicted octanol–water partition coefficient (Wildman–Crippen LogP) is 3.35. The van der Waals surface area contributed by atoms with Crippen molar-refractivity contribution in [3.63, 3.8) is 0 Å².